The standard InChI is InChI=1S/C15H20ClN3O2/c1-10-11(16)4-2-5-12(10)19-14(20)7-9-18-15(21)13-6-3-8-17-13/h2,4-5,13,17H,3,6-9H2,1H3,(H,18,21)(H,19,20). The molecule has 0 saturated carbocycles. The molecule has 1 atom stereocenters. The Hall–Kier alpha value is -1.59. The first-order valence-electron chi connectivity index (χ1n) is 7.14. The average Bonchev–Trinajstić information content (AvgIpc) is 2.98. The van der Waals surface area contributed by atoms with Gasteiger partial charge in [-0.2, -0.15) is 0 Å². The van der Waals surface area contributed by atoms with Crippen molar-refractivity contribution < 1.29 is 9.59 Å². The van der Waals surface area contributed by atoms with E-state index in [1.807, 2.05) is 6.92 Å². The maximum absolute atomic E-state index is 11.9. The molecule has 1 aromatic rings. The smallest absolute Gasteiger partial charge is 0.237 e. The van der Waals surface area contributed by atoms with Gasteiger partial charge in [0.2, 0.25) is 11.8 Å². The van der Waals surface area contributed by atoms with Crippen molar-refractivity contribution in [2.45, 2.75) is 32.2 Å². The number of nitrogens with one attached hydrogen (secondary N) is 3. The lowest BCUT2D eigenvalue weighted by molar-refractivity contribution is -0.122. The van der Waals surface area contributed by atoms with Crippen LogP contribution in [-0.2, 0) is 9.59 Å². The summed E-state index contributed by atoms with van der Waals surface area (Å²) in [7, 11) is 0. The van der Waals surface area contributed by atoms with Gasteiger partial charge >= 0.3 is 0 Å². The lowest BCUT2D eigenvalue weighted by Crippen LogP contribution is -2.41. The predicted octanol–water partition coefficient (Wildman–Crippen LogP) is 1.85. The van der Waals surface area contributed by atoms with Crippen molar-refractivity contribution in [2.75, 3.05) is 18.4 Å². The highest BCUT2D eigenvalue weighted by molar-refractivity contribution is 6.31. The summed E-state index contributed by atoms with van der Waals surface area (Å²) in [5, 5.41) is 9.32. The van der Waals surface area contributed by atoms with Gasteiger partial charge in [-0.25, -0.2) is 0 Å². The van der Waals surface area contributed by atoms with Gasteiger partial charge in [0.05, 0.1) is 6.04 Å². The molecular weight excluding hydrogens is 290 g/mol. The van der Waals surface area contributed by atoms with Crippen LogP contribution in [0.5, 0.6) is 0 Å². The third-order valence-electron chi connectivity index (χ3n) is 3.57. The molecule has 0 aliphatic carbocycles. The van der Waals surface area contributed by atoms with Crippen LogP contribution < -0.4 is 16.0 Å². The van der Waals surface area contributed by atoms with Gasteiger partial charge in [0, 0.05) is 23.7 Å². The Kier molecular flexibility index (Phi) is 5.59. The molecule has 2 rings (SSSR count). The van der Waals surface area contributed by atoms with Crippen LogP contribution >= 0.6 is 11.6 Å². The average molecular weight is 310 g/mol. The first kappa shape index (κ1) is 15.8. The highest BCUT2D eigenvalue weighted by Gasteiger charge is 2.21. The van der Waals surface area contributed by atoms with Gasteiger partial charge in [-0.05, 0) is 44.0 Å². The third kappa shape index (κ3) is 4.44. The number of amides is 2. The summed E-state index contributed by atoms with van der Waals surface area (Å²) in [5.74, 6) is -0.167. The fraction of sp³-hybridized carbons (Fsp3) is 0.467. The zero-order chi connectivity index (χ0) is 15.2. The van der Waals surface area contributed by atoms with E-state index in [4.69, 9.17) is 11.6 Å². The first-order chi connectivity index (χ1) is 10.1. The molecule has 1 aromatic carbocycles. The minimum absolute atomic E-state index is 0.0285. The number of anilines is 1. The normalized spacial score (nSPS) is 17.5. The number of hydrogen-bond donors (Lipinski definition) is 3. The van der Waals surface area contributed by atoms with Crippen LogP contribution in [0.3, 0.4) is 0 Å². The summed E-state index contributed by atoms with van der Waals surface area (Å²) < 4.78 is 0. The Labute approximate surface area is 129 Å². The van der Waals surface area contributed by atoms with Crippen LogP contribution in [0.4, 0.5) is 5.69 Å². The van der Waals surface area contributed by atoms with Gasteiger partial charge < -0.3 is 16.0 Å². The van der Waals surface area contributed by atoms with Crippen LogP contribution in [0.2, 0.25) is 5.02 Å². The second kappa shape index (κ2) is 7.43. The van der Waals surface area contributed by atoms with Crippen molar-refractivity contribution >= 4 is 29.1 Å². The van der Waals surface area contributed by atoms with Crippen LogP contribution in [0.15, 0.2) is 18.2 Å². The van der Waals surface area contributed by atoms with Gasteiger partial charge in [-0.3, -0.25) is 9.59 Å². The van der Waals surface area contributed by atoms with Crippen molar-refractivity contribution in [1.29, 1.82) is 0 Å². The molecule has 1 aliphatic rings. The highest BCUT2D eigenvalue weighted by Crippen LogP contribution is 2.22. The molecule has 3 N–H and O–H groups in total. The van der Waals surface area contributed by atoms with Gasteiger partial charge in [-0.1, -0.05) is 17.7 Å². The van der Waals surface area contributed by atoms with Gasteiger partial charge in [-0.15, -0.1) is 0 Å². The fourth-order valence-corrected chi connectivity index (χ4v) is 2.46. The van der Waals surface area contributed by atoms with E-state index in [2.05, 4.69) is 16.0 Å². The number of rotatable bonds is 5. The van der Waals surface area contributed by atoms with E-state index in [1.54, 1.807) is 18.2 Å². The van der Waals surface area contributed by atoms with Crippen LogP contribution in [0.1, 0.15) is 24.8 Å². The van der Waals surface area contributed by atoms with Crippen LogP contribution in [0.25, 0.3) is 0 Å². The monoisotopic (exact) mass is 309 g/mol. The van der Waals surface area contributed by atoms with E-state index in [9.17, 15) is 9.59 Å². The molecule has 1 saturated heterocycles. The van der Waals surface area contributed by atoms with E-state index < -0.39 is 0 Å². The van der Waals surface area contributed by atoms with Gasteiger partial charge in [0.25, 0.3) is 0 Å². The summed E-state index contributed by atoms with van der Waals surface area (Å²) in [6.45, 7) is 3.07. The Morgan fingerprint density at radius 1 is 1.43 bits per heavy atom. The third-order valence-corrected chi connectivity index (χ3v) is 3.98. The Morgan fingerprint density at radius 2 is 2.24 bits per heavy atom. The molecule has 21 heavy (non-hydrogen) atoms. The topological polar surface area (TPSA) is 70.2 Å². The van der Waals surface area contributed by atoms with Crippen molar-refractivity contribution in [3.63, 3.8) is 0 Å². The molecule has 0 bridgehead atoms. The maximum Gasteiger partial charge on any atom is 0.237 e. The Bertz CT molecular complexity index is 528. The lowest BCUT2D eigenvalue weighted by atomic mass is 10.2. The first-order valence-corrected chi connectivity index (χ1v) is 7.52. The molecular formula is C15H20ClN3O2. The molecule has 1 unspecified atom stereocenters. The van der Waals surface area contributed by atoms with Crippen molar-refractivity contribution in [1.82, 2.24) is 10.6 Å². The summed E-state index contributed by atoms with van der Waals surface area (Å²) in [4.78, 5) is 23.6. The molecule has 2 amide bonds. The fourth-order valence-electron chi connectivity index (χ4n) is 2.29. The van der Waals surface area contributed by atoms with Gasteiger partial charge in [0.15, 0.2) is 0 Å². The number of hydrogen-bond acceptors (Lipinski definition) is 3. The Balaban J connectivity index is 1.74. The lowest BCUT2D eigenvalue weighted by Gasteiger charge is -2.12. The van der Waals surface area contributed by atoms with Crippen molar-refractivity contribution in [3.8, 4) is 0 Å². The van der Waals surface area contributed by atoms with E-state index in [0.717, 1.165) is 24.9 Å². The van der Waals surface area contributed by atoms with Crippen LogP contribution in [-0.4, -0.2) is 30.9 Å². The van der Waals surface area contributed by atoms with Gasteiger partial charge in [0.1, 0.15) is 0 Å². The van der Waals surface area contributed by atoms with E-state index in [1.165, 1.54) is 0 Å². The molecule has 1 heterocycles. The second-order valence-corrected chi connectivity index (χ2v) is 5.56. The van der Waals surface area contributed by atoms with E-state index in [0.29, 0.717) is 17.3 Å². The number of carbonyl (C=O) groups excluding carboxylic acids is 2. The molecule has 0 aromatic heterocycles. The molecule has 0 radical (unpaired) electrons. The number of carbonyl (C=O) groups is 2. The van der Waals surface area contributed by atoms with Crippen LogP contribution in [0, 0.1) is 6.92 Å². The highest BCUT2D eigenvalue weighted by atomic mass is 35.5. The number of benzene rings is 1. The summed E-state index contributed by atoms with van der Waals surface area (Å²) >= 11 is 6.00. The summed E-state index contributed by atoms with van der Waals surface area (Å²) in [6, 6.07) is 5.27. The van der Waals surface area contributed by atoms with Crippen molar-refractivity contribution in [3.05, 3.63) is 28.8 Å². The zero-order valence-electron chi connectivity index (χ0n) is 12.0. The second-order valence-electron chi connectivity index (χ2n) is 5.15. The van der Waals surface area contributed by atoms with E-state index >= 15 is 0 Å². The summed E-state index contributed by atoms with van der Waals surface area (Å²) in [6.07, 6.45) is 2.12. The molecule has 0 spiro atoms. The molecule has 1 fully saturated rings. The van der Waals surface area contributed by atoms with E-state index in [-0.39, 0.29) is 24.3 Å². The molecule has 6 heteroatoms. The molecule has 114 valence electrons. The SMILES string of the molecule is Cc1c(Cl)cccc1NC(=O)CCNC(=O)C1CCCN1. The predicted molar refractivity (Wildman–Crippen MR) is 83.5 cm³/mol. The molecule has 1 aliphatic heterocycles. The minimum Gasteiger partial charge on any atom is -0.354 e. The zero-order valence-corrected chi connectivity index (χ0v) is 12.8. The quantitative estimate of drug-likeness (QED) is 0.777. The maximum atomic E-state index is 11.9. The minimum atomic E-state index is -0.139. The molecule has 5 nitrogen and oxygen atoms in total. The Morgan fingerprint density at radius 3 is 2.95 bits per heavy atom. The number of halogens is 1. The van der Waals surface area contributed by atoms with Crippen molar-refractivity contribution in [2.24, 2.45) is 0 Å². The summed E-state index contributed by atoms with van der Waals surface area (Å²) in [5.41, 5.74) is 1.54. The largest absolute Gasteiger partial charge is 0.354 e.